The molecule has 0 saturated heterocycles. The first-order chi connectivity index (χ1) is 10.4. The Morgan fingerprint density at radius 1 is 1.23 bits per heavy atom. The van der Waals surface area contributed by atoms with E-state index in [0.29, 0.717) is 21.4 Å². The van der Waals surface area contributed by atoms with E-state index in [1.165, 1.54) is 6.07 Å². The molecule has 2 rings (SSSR count). The maximum absolute atomic E-state index is 12.1. The predicted octanol–water partition coefficient (Wildman–Crippen LogP) is 3.09. The fourth-order valence-corrected chi connectivity index (χ4v) is 2.34. The van der Waals surface area contributed by atoms with E-state index in [1.807, 2.05) is 32.0 Å². The second-order valence-corrected chi connectivity index (χ2v) is 5.83. The van der Waals surface area contributed by atoms with Crippen LogP contribution < -0.4 is 10.2 Å². The van der Waals surface area contributed by atoms with Gasteiger partial charge >= 0.3 is 0 Å². The first kappa shape index (κ1) is 16.5. The monoisotopic (exact) mass is 338 g/mol. The van der Waals surface area contributed by atoms with Crippen LogP contribution in [0.25, 0.3) is 0 Å². The summed E-state index contributed by atoms with van der Waals surface area (Å²) in [4.78, 5) is 22.7. The van der Waals surface area contributed by atoms with Gasteiger partial charge in [0.2, 0.25) is 0 Å². The Bertz CT molecular complexity index is 704. The number of aryl methyl sites for hydroxylation is 1. The average Bonchev–Trinajstić information content (AvgIpc) is 2.44. The van der Waals surface area contributed by atoms with Crippen LogP contribution in [0.1, 0.15) is 21.9 Å². The Kier molecular flexibility index (Phi) is 5.21. The molecule has 1 heterocycles. The number of anilines is 1. The van der Waals surface area contributed by atoms with Gasteiger partial charge in [0, 0.05) is 30.9 Å². The Morgan fingerprint density at radius 2 is 1.95 bits per heavy atom. The molecular formula is C15H16Cl2N4O. The van der Waals surface area contributed by atoms with Crippen LogP contribution in [0.3, 0.4) is 0 Å². The molecule has 5 nitrogen and oxygen atoms in total. The molecule has 0 atom stereocenters. The van der Waals surface area contributed by atoms with Crippen molar-refractivity contribution in [1.82, 2.24) is 15.3 Å². The second-order valence-electron chi connectivity index (χ2n) is 4.99. The van der Waals surface area contributed by atoms with Crippen molar-refractivity contribution in [3.63, 3.8) is 0 Å². The molecular weight excluding hydrogens is 323 g/mol. The number of benzene rings is 1. The van der Waals surface area contributed by atoms with Crippen molar-refractivity contribution >= 4 is 34.9 Å². The predicted molar refractivity (Wildman–Crippen MR) is 88.7 cm³/mol. The van der Waals surface area contributed by atoms with E-state index in [0.717, 1.165) is 11.5 Å². The molecule has 1 aromatic heterocycles. The van der Waals surface area contributed by atoms with Gasteiger partial charge in [-0.1, -0.05) is 23.2 Å². The van der Waals surface area contributed by atoms with E-state index < -0.39 is 0 Å². The fourth-order valence-electron chi connectivity index (χ4n) is 1.85. The smallest absolute Gasteiger partial charge is 0.253 e. The minimum atomic E-state index is -0.293. The summed E-state index contributed by atoms with van der Waals surface area (Å²) in [7, 11) is 3.80. The van der Waals surface area contributed by atoms with Crippen LogP contribution in [0.15, 0.2) is 24.3 Å². The number of aromatic nitrogens is 2. The van der Waals surface area contributed by atoms with Crippen molar-refractivity contribution < 1.29 is 4.79 Å². The lowest BCUT2D eigenvalue weighted by Crippen LogP contribution is -2.25. The normalized spacial score (nSPS) is 10.4. The van der Waals surface area contributed by atoms with Crippen molar-refractivity contribution in [1.29, 1.82) is 0 Å². The van der Waals surface area contributed by atoms with Gasteiger partial charge in [-0.15, -0.1) is 0 Å². The van der Waals surface area contributed by atoms with Crippen molar-refractivity contribution in [2.45, 2.75) is 13.5 Å². The van der Waals surface area contributed by atoms with E-state index in [1.54, 1.807) is 12.1 Å². The summed E-state index contributed by atoms with van der Waals surface area (Å²) in [6, 6.07) is 6.62. The van der Waals surface area contributed by atoms with Gasteiger partial charge in [0.15, 0.2) is 0 Å². The maximum Gasteiger partial charge on any atom is 0.253 e. The highest BCUT2D eigenvalue weighted by Crippen LogP contribution is 2.20. The zero-order valence-corrected chi connectivity index (χ0v) is 14.0. The number of carbonyl (C=O) groups is 1. The van der Waals surface area contributed by atoms with Crippen LogP contribution in [0.4, 0.5) is 5.82 Å². The van der Waals surface area contributed by atoms with Gasteiger partial charge in [-0.05, 0) is 25.1 Å². The molecule has 2 aromatic rings. The highest BCUT2D eigenvalue weighted by atomic mass is 35.5. The number of hydrogen-bond donors (Lipinski definition) is 1. The molecule has 0 aliphatic heterocycles. The minimum absolute atomic E-state index is 0.223. The second kappa shape index (κ2) is 6.94. The number of halogens is 2. The summed E-state index contributed by atoms with van der Waals surface area (Å²) in [5.74, 6) is 1.04. The zero-order valence-electron chi connectivity index (χ0n) is 12.5. The molecule has 1 N–H and O–H groups in total. The third-order valence-electron chi connectivity index (χ3n) is 2.93. The van der Waals surface area contributed by atoms with Crippen LogP contribution in [0.2, 0.25) is 10.0 Å². The van der Waals surface area contributed by atoms with Gasteiger partial charge in [-0.25, -0.2) is 9.97 Å². The van der Waals surface area contributed by atoms with E-state index in [9.17, 15) is 4.79 Å². The molecule has 0 fully saturated rings. The van der Waals surface area contributed by atoms with Crippen LogP contribution in [-0.2, 0) is 6.54 Å². The number of carbonyl (C=O) groups excluding carboxylic acids is 1. The van der Waals surface area contributed by atoms with Crippen molar-refractivity contribution in [2.24, 2.45) is 0 Å². The fraction of sp³-hybridized carbons (Fsp3) is 0.267. The first-order valence-corrected chi connectivity index (χ1v) is 7.37. The van der Waals surface area contributed by atoms with E-state index >= 15 is 0 Å². The molecule has 1 amide bonds. The minimum Gasteiger partial charge on any atom is -0.363 e. The molecule has 0 bridgehead atoms. The summed E-state index contributed by atoms with van der Waals surface area (Å²) >= 11 is 11.8. The van der Waals surface area contributed by atoms with Gasteiger partial charge < -0.3 is 10.2 Å². The van der Waals surface area contributed by atoms with Crippen molar-refractivity contribution in [2.75, 3.05) is 19.0 Å². The van der Waals surface area contributed by atoms with Crippen LogP contribution >= 0.6 is 23.2 Å². The Morgan fingerprint density at radius 3 is 2.59 bits per heavy atom. The van der Waals surface area contributed by atoms with E-state index in [2.05, 4.69) is 15.3 Å². The van der Waals surface area contributed by atoms with Gasteiger partial charge in [-0.3, -0.25) is 4.79 Å². The number of hydrogen-bond acceptors (Lipinski definition) is 4. The largest absolute Gasteiger partial charge is 0.363 e. The quantitative estimate of drug-likeness (QED) is 0.930. The summed E-state index contributed by atoms with van der Waals surface area (Å²) in [5.41, 5.74) is 1.21. The Labute approximate surface area is 139 Å². The SMILES string of the molecule is Cc1cc(N(C)C)nc(CNC(=O)c2ccc(Cl)cc2Cl)n1. The van der Waals surface area contributed by atoms with Gasteiger partial charge in [0.1, 0.15) is 11.6 Å². The highest BCUT2D eigenvalue weighted by molar-refractivity contribution is 6.36. The summed E-state index contributed by atoms with van der Waals surface area (Å²) in [5, 5.41) is 3.55. The molecule has 0 unspecified atom stereocenters. The number of amides is 1. The molecule has 0 saturated carbocycles. The standard InChI is InChI=1S/C15H16Cl2N4O/c1-9-6-14(21(2)3)20-13(19-9)8-18-15(22)11-5-4-10(16)7-12(11)17/h4-7H,8H2,1-3H3,(H,18,22). The topological polar surface area (TPSA) is 58.1 Å². The van der Waals surface area contributed by atoms with E-state index in [4.69, 9.17) is 23.2 Å². The zero-order chi connectivity index (χ0) is 16.3. The average molecular weight is 339 g/mol. The molecule has 0 radical (unpaired) electrons. The van der Waals surface area contributed by atoms with Crippen molar-refractivity contribution in [3.8, 4) is 0 Å². The molecule has 116 valence electrons. The summed E-state index contributed by atoms with van der Waals surface area (Å²) < 4.78 is 0. The van der Waals surface area contributed by atoms with Crippen LogP contribution in [0, 0.1) is 6.92 Å². The van der Waals surface area contributed by atoms with Crippen molar-refractivity contribution in [3.05, 3.63) is 51.4 Å². The molecule has 7 heteroatoms. The Balaban J connectivity index is 2.11. The lowest BCUT2D eigenvalue weighted by molar-refractivity contribution is 0.0950. The highest BCUT2D eigenvalue weighted by Gasteiger charge is 2.11. The third-order valence-corrected chi connectivity index (χ3v) is 3.48. The number of rotatable bonds is 4. The van der Waals surface area contributed by atoms with Crippen LogP contribution in [0.5, 0.6) is 0 Å². The number of nitrogens with one attached hydrogen (secondary N) is 1. The lowest BCUT2D eigenvalue weighted by Gasteiger charge is -2.13. The molecule has 22 heavy (non-hydrogen) atoms. The Hall–Kier alpha value is -1.85. The maximum atomic E-state index is 12.1. The van der Waals surface area contributed by atoms with Crippen LogP contribution in [-0.4, -0.2) is 30.0 Å². The molecule has 0 aliphatic rings. The lowest BCUT2D eigenvalue weighted by atomic mass is 10.2. The summed E-state index contributed by atoms with van der Waals surface area (Å²) in [6.07, 6.45) is 0. The first-order valence-electron chi connectivity index (χ1n) is 6.62. The third kappa shape index (κ3) is 4.08. The molecule has 1 aromatic carbocycles. The van der Waals surface area contributed by atoms with Gasteiger partial charge in [-0.2, -0.15) is 0 Å². The molecule has 0 spiro atoms. The van der Waals surface area contributed by atoms with E-state index in [-0.39, 0.29) is 12.5 Å². The van der Waals surface area contributed by atoms with Gasteiger partial charge in [0.05, 0.1) is 17.1 Å². The summed E-state index contributed by atoms with van der Waals surface area (Å²) in [6.45, 7) is 2.11. The number of nitrogens with zero attached hydrogens (tertiary/aromatic N) is 3. The van der Waals surface area contributed by atoms with Gasteiger partial charge in [0.25, 0.3) is 5.91 Å². The molecule has 0 aliphatic carbocycles.